The Bertz CT molecular complexity index is 209. The van der Waals surface area contributed by atoms with Gasteiger partial charge in [-0.3, -0.25) is 4.79 Å². The van der Waals surface area contributed by atoms with E-state index >= 15 is 0 Å². The Labute approximate surface area is 97.9 Å². The molecule has 0 heterocycles. The van der Waals surface area contributed by atoms with Crippen LogP contribution in [0.1, 0.15) is 51.4 Å². The van der Waals surface area contributed by atoms with E-state index in [1.165, 1.54) is 20.0 Å². The molecule has 0 saturated heterocycles. The Morgan fingerprint density at radius 1 is 1.06 bits per heavy atom. The Hall–Kier alpha value is -1.12. The first-order valence-electron chi connectivity index (χ1n) is 5.96. The van der Waals surface area contributed by atoms with Crippen LogP contribution in [-0.2, 0) is 14.3 Å². The van der Waals surface area contributed by atoms with Crippen LogP contribution in [0.3, 0.4) is 0 Å². The van der Waals surface area contributed by atoms with Gasteiger partial charge in [0.1, 0.15) is 6.29 Å². The van der Waals surface area contributed by atoms with E-state index in [-0.39, 0.29) is 5.97 Å². The van der Waals surface area contributed by atoms with Gasteiger partial charge in [-0.2, -0.15) is 0 Å². The molecule has 0 rings (SSSR count). The third-order valence-electron chi connectivity index (χ3n) is 2.38. The fourth-order valence-electron chi connectivity index (χ4n) is 1.43. The molecule has 0 fully saturated rings. The van der Waals surface area contributed by atoms with E-state index in [2.05, 4.69) is 10.8 Å². The van der Waals surface area contributed by atoms with Crippen molar-refractivity contribution in [3.05, 3.63) is 12.2 Å². The fourth-order valence-corrected chi connectivity index (χ4v) is 1.43. The van der Waals surface area contributed by atoms with E-state index in [0.717, 1.165) is 32.0 Å². The second-order valence-corrected chi connectivity index (χ2v) is 3.76. The average Bonchev–Trinajstić information content (AvgIpc) is 2.31. The normalized spacial score (nSPS) is 10.6. The van der Waals surface area contributed by atoms with E-state index in [1.807, 2.05) is 6.08 Å². The average molecular weight is 226 g/mol. The molecule has 0 aromatic carbocycles. The van der Waals surface area contributed by atoms with Gasteiger partial charge in [-0.05, 0) is 19.3 Å². The van der Waals surface area contributed by atoms with E-state index in [0.29, 0.717) is 12.8 Å². The van der Waals surface area contributed by atoms with Gasteiger partial charge < -0.3 is 9.53 Å². The molecule has 0 N–H and O–H groups in total. The van der Waals surface area contributed by atoms with Gasteiger partial charge in [0.25, 0.3) is 0 Å². The predicted molar refractivity (Wildman–Crippen MR) is 64.2 cm³/mol. The Morgan fingerprint density at radius 2 is 1.75 bits per heavy atom. The zero-order valence-electron chi connectivity index (χ0n) is 10.1. The quantitative estimate of drug-likeness (QED) is 0.249. The molecule has 0 unspecified atom stereocenters. The molecule has 0 aliphatic heterocycles. The molecule has 0 aromatic rings. The number of carbonyl (C=O) groups is 2. The zero-order valence-corrected chi connectivity index (χ0v) is 10.1. The lowest BCUT2D eigenvalue weighted by Crippen LogP contribution is -1.98. The van der Waals surface area contributed by atoms with Crippen molar-refractivity contribution < 1.29 is 14.3 Å². The first-order valence-corrected chi connectivity index (χ1v) is 5.96. The molecule has 3 nitrogen and oxygen atoms in total. The summed E-state index contributed by atoms with van der Waals surface area (Å²) in [6.45, 7) is 0. The molecular formula is C13H22O3. The Kier molecular flexibility index (Phi) is 11.1. The van der Waals surface area contributed by atoms with Gasteiger partial charge in [0.05, 0.1) is 7.11 Å². The largest absolute Gasteiger partial charge is 0.469 e. The molecule has 92 valence electrons. The SMILES string of the molecule is COC(=O)CCCCCCC/C=C/CC=O. The smallest absolute Gasteiger partial charge is 0.305 e. The van der Waals surface area contributed by atoms with Gasteiger partial charge in [-0.25, -0.2) is 0 Å². The van der Waals surface area contributed by atoms with Crippen LogP contribution in [-0.4, -0.2) is 19.4 Å². The second-order valence-electron chi connectivity index (χ2n) is 3.76. The molecule has 0 saturated carbocycles. The minimum absolute atomic E-state index is 0.114. The summed E-state index contributed by atoms with van der Waals surface area (Å²) in [6.07, 6.45) is 12.5. The number of hydrogen-bond donors (Lipinski definition) is 0. The lowest BCUT2D eigenvalue weighted by atomic mass is 10.1. The Balaban J connectivity index is 3.09. The monoisotopic (exact) mass is 226 g/mol. The van der Waals surface area contributed by atoms with Gasteiger partial charge in [-0.15, -0.1) is 0 Å². The van der Waals surface area contributed by atoms with Crippen molar-refractivity contribution in [3.63, 3.8) is 0 Å². The summed E-state index contributed by atoms with van der Waals surface area (Å²) in [5.74, 6) is -0.114. The maximum atomic E-state index is 10.8. The van der Waals surface area contributed by atoms with E-state index < -0.39 is 0 Å². The third-order valence-corrected chi connectivity index (χ3v) is 2.38. The third kappa shape index (κ3) is 11.0. The lowest BCUT2D eigenvalue weighted by Gasteiger charge is -1.99. The Morgan fingerprint density at radius 3 is 2.44 bits per heavy atom. The molecule has 0 amide bonds. The molecule has 0 atom stereocenters. The van der Waals surface area contributed by atoms with Crippen LogP contribution in [0.25, 0.3) is 0 Å². The number of rotatable bonds is 10. The molecule has 0 aliphatic carbocycles. The van der Waals surface area contributed by atoms with Gasteiger partial charge in [0, 0.05) is 12.8 Å². The van der Waals surface area contributed by atoms with Crippen molar-refractivity contribution in [2.24, 2.45) is 0 Å². The molecule has 0 aliphatic rings. The number of unbranched alkanes of at least 4 members (excludes halogenated alkanes) is 5. The molecule has 0 bridgehead atoms. The molecule has 0 aromatic heterocycles. The van der Waals surface area contributed by atoms with Crippen LogP contribution in [0.2, 0.25) is 0 Å². The summed E-state index contributed by atoms with van der Waals surface area (Å²) in [6, 6.07) is 0. The van der Waals surface area contributed by atoms with Crippen molar-refractivity contribution in [2.45, 2.75) is 51.4 Å². The summed E-state index contributed by atoms with van der Waals surface area (Å²) in [5.41, 5.74) is 0. The van der Waals surface area contributed by atoms with Crippen molar-refractivity contribution in [2.75, 3.05) is 7.11 Å². The molecular weight excluding hydrogens is 204 g/mol. The van der Waals surface area contributed by atoms with Crippen molar-refractivity contribution in [1.82, 2.24) is 0 Å². The first-order chi connectivity index (χ1) is 7.81. The summed E-state index contributed by atoms with van der Waals surface area (Å²) in [4.78, 5) is 20.8. The van der Waals surface area contributed by atoms with Crippen molar-refractivity contribution in [1.29, 1.82) is 0 Å². The second kappa shape index (κ2) is 12.0. The summed E-state index contributed by atoms with van der Waals surface area (Å²) in [5, 5.41) is 0. The van der Waals surface area contributed by atoms with Gasteiger partial charge in [0.15, 0.2) is 0 Å². The lowest BCUT2D eigenvalue weighted by molar-refractivity contribution is -0.140. The molecule has 0 spiro atoms. The minimum Gasteiger partial charge on any atom is -0.469 e. The number of carbonyl (C=O) groups excluding carboxylic acids is 2. The summed E-state index contributed by atoms with van der Waals surface area (Å²) in [7, 11) is 1.42. The maximum absolute atomic E-state index is 10.8. The van der Waals surface area contributed by atoms with Gasteiger partial charge >= 0.3 is 5.97 Å². The molecule has 3 heteroatoms. The van der Waals surface area contributed by atoms with Crippen LogP contribution in [0.4, 0.5) is 0 Å². The van der Waals surface area contributed by atoms with E-state index in [9.17, 15) is 9.59 Å². The van der Waals surface area contributed by atoms with Gasteiger partial charge in [-0.1, -0.05) is 31.4 Å². The number of esters is 1. The molecule has 0 radical (unpaired) electrons. The molecule has 16 heavy (non-hydrogen) atoms. The number of aldehydes is 1. The van der Waals surface area contributed by atoms with Crippen LogP contribution >= 0.6 is 0 Å². The first kappa shape index (κ1) is 14.9. The number of hydrogen-bond acceptors (Lipinski definition) is 3. The summed E-state index contributed by atoms with van der Waals surface area (Å²) < 4.78 is 4.56. The topological polar surface area (TPSA) is 43.4 Å². The standard InChI is InChI=1S/C13H22O3/c1-16-13(15)11-9-7-5-3-2-4-6-8-10-12-14/h6,8,12H,2-5,7,9-11H2,1H3/b8-6+. The van der Waals surface area contributed by atoms with Crippen molar-refractivity contribution in [3.8, 4) is 0 Å². The van der Waals surface area contributed by atoms with Crippen LogP contribution < -0.4 is 0 Å². The van der Waals surface area contributed by atoms with Crippen molar-refractivity contribution >= 4 is 12.3 Å². The van der Waals surface area contributed by atoms with Gasteiger partial charge in [0.2, 0.25) is 0 Å². The highest BCUT2D eigenvalue weighted by atomic mass is 16.5. The number of ether oxygens (including phenoxy) is 1. The predicted octanol–water partition coefficient (Wildman–Crippen LogP) is 3.04. The number of allylic oxidation sites excluding steroid dienone is 2. The highest BCUT2D eigenvalue weighted by molar-refractivity contribution is 5.68. The summed E-state index contributed by atoms with van der Waals surface area (Å²) >= 11 is 0. The van der Waals surface area contributed by atoms with Crippen LogP contribution in [0.5, 0.6) is 0 Å². The maximum Gasteiger partial charge on any atom is 0.305 e. The zero-order chi connectivity index (χ0) is 12.1. The fraction of sp³-hybridized carbons (Fsp3) is 0.692. The van der Waals surface area contributed by atoms with Crippen LogP contribution in [0, 0.1) is 0 Å². The highest BCUT2D eigenvalue weighted by Crippen LogP contribution is 2.08. The highest BCUT2D eigenvalue weighted by Gasteiger charge is 1.98. The van der Waals surface area contributed by atoms with E-state index in [4.69, 9.17) is 0 Å². The number of methoxy groups -OCH3 is 1. The minimum atomic E-state index is -0.114. The van der Waals surface area contributed by atoms with Crippen LogP contribution in [0.15, 0.2) is 12.2 Å². The van der Waals surface area contributed by atoms with E-state index in [1.54, 1.807) is 0 Å².